The third kappa shape index (κ3) is 5.36. The summed E-state index contributed by atoms with van der Waals surface area (Å²) in [4.78, 5) is 23.2. The number of nitrogens with one attached hydrogen (secondary N) is 2. The van der Waals surface area contributed by atoms with Crippen LogP contribution in [0.5, 0.6) is 0 Å². The Labute approximate surface area is 153 Å². The highest BCUT2D eigenvalue weighted by molar-refractivity contribution is 7.91. The van der Waals surface area contributed by atoms with E-state index < -0.39 is 9.84 Å². The van der Waals surface area contributed by atoms with Crippen molar-refractivity contribution in [3.8, 4) is 0 Å². The zero-order valence-corrected chi connectivity index (χ0v) is 15.7. The molecule has 2 N–H and O–H groups in total. The molecule has 26 heavy (non-hydrogen) atoms. The van der Waals surface area contributed by atoms with Gasteiger partial charge >= 0.3 is 0 Å². The lowest BCUT2D eigenvalue weighted by molar-refractivity contribution is 0.0398. The Balaban J connectivity index is 1.55. The van der Waals surface area contributed by atoms with Crippen LogP contribution in [0.15, 0.2) is 6.07 Å². The highest BCUT2D eigenvalue weighted by atomic mass is 32.2. The first-order chi connectivity index (χ1) is 12.4. The maximum absolute atomic E-state index is 12.4. The van der Waals surface area contributed by atoms with Gasteiger partial charge in [-0.15, -0.1) is 0 Å². The van der Waals surface area contributed by atoms with E-state index in [0.717, 1.165) is 32.8 Å². The molecular formula is C16H25N5O4S. The molecule has 144 valence electrons. The summed E-state index contributed by atoms with van der Waals surface area (Å²) in [6.45, 7) is 6.66. The smallest absolute Gasteiger partial charge is 0.270 e. The summed E-state index contributed by atoms with van der Waals surface area (Å²) >= 11 is 0. The monoisotopic (exact) mass is 383 g/mol. The minimum Gasteiger partial charge on any atom is -0.379 e. The topological polar surface area (TPSA) is 114 Å². The fourth-order valence-electron chi connectivity index (χ4n) is 3.11. The molecule has 1 aromatic heterocycles. The summed E-state index contributed by atoms with van der Waals surface area (Å²) in [7, 11) is -3.04. The molecule has 0 spiro atoms. The number of carbonyl (C=O) groups is 1. The molecule has 2 saturated heterocycles. The minimum absolute atomic E-state index is 0.00649. The molecule has 1 aromatic rings. The normalized spacial score (nSPS) is 22.9. The maximum Gasteiger partial charge on any atom is 0.270 e. The lowest BCUT2D eigenvalue weighted by Gasteiger charge is -2.26. The van der Waals surface area contributed by atoms with Gasteiger partial charge in [-0.1, -0.05) is 0 Å². The summed E-state index contributed by atoms with van der Waals surface area (Å²) in [5.41, 5.74) is 0.246. The first-order valence-electron chi connectivity index (χ1n) is 8.82. The van der Waals surface area contributed by atoms with Crippen molar-refractivity contribution in [3.63, 3.8) is 0 Å². The average Bonchev–Trinajstić information content (AvgIpc) is 2.94. The summed E-state index contributed by atoms with van der Waals surface area (Å²) < 4.78 is 28.4. The predicted molar refractivity (Wildman–Crippen MR) is 97.0 cm³/mol. The molecule has 9 nitrogen and oxygen atoms in total. The molecule has 3 rings (SSSR count). The summed E-state index contributed by atoms with van der Waals surface area (Å²) in [6.07, 6.45) is 0.447. The number of amides is 1. The van der Waals surface area contributed by atoms with Gasteiger partial charge in [-0.3, -0.25) is 9.69 Å². The Bertz CT molecular complexity index is 749. The van der Waals surface area contributed by atoms with Crippen LogP contribution in [0, 0.1) is 6.92 Å². The molecular weight excluding hydrogens is 358 g/mol. The predicted octanol–water partition coefficient (Wildman–Crippen LogP) is -0.554. The highest BCUT2D eigenvalue weighted by Gasteiger charge is 2.29. The van der Waals surface area contributed by atoms with Crippen molar-refractivity contribution in [2.24, 2.45) is 0 Å². The number of rotatable bonds is 6. The fourth-order valence-corrected chi connectivity index (χ4v) is 4.78. The van der Waals surface area contributed by atoms with Crippen molar-refractivity contribution in [1.82, 2.24) is 20.2 Å². The van der Waals surface area contributed by atoms with Crippen molar-refractivity contribution in [2.75, 3.05) is 56.2 Å². The van der Waals surface area contributed by atoms with Crippen LogP contribution < -0.4 is 10.6 Å². The van der Waals surface area contributed by atoms with Gasteiger partial charge in [0, 0.05) is 38.3 Å². The van der Waals surface area contributed by atoms with Gasteiger partial charge in [0.15, 0.2) is 9.84 Å². The molecule has 0 bridgehead atoms. The number of morpholine rings is 1. The standard InChI is InChI=1S/C16H25N5O4S/c1-12-18-14(16(22)20-13-2-9-26(23,24)11-13)10-15(19-12)17-3-4-21-5-7-25-8-6-21/h10,13H,2-9,11H2,1H3,(H,20,22)(H,17,18,19). The highest BCUT2D eigenvalue weighted by Crippen LogP contribution is 2.13. The number of ether oxygens (including phenoxy) is 1. The van der Waals surface area contributed by atoms with Crippen LogP contribution in [0.25, 0.3) is 0 Å². The number of anilines is 1. The van der Waals surface area contributed by atoms with Gasteiger partial charge in [0.05, 0.1) is 24.7 Å². The number of hydrogen-bond acceptors (Lipinski definition) is 8. The van der Waals surface area contributed by atoms with Crippen molar-refractivity contribution < 1.29 is 17.9 Å². The molecule has 2 fully saturated rings. The van der Waals surface area contributed by atoms with E-state index in [-0.39, 0.29) is 29.1 Å². The molecule has 0 saturated carbocycles. The lowest BCUT2D eigenvalue weighted by atomic mass is 10.2. The van der Waals surface area contributed by atoms with Gasteiger partial charge in [-0.2, -0.15) is 0 Å². The van der Waals surface area contributed by atoms with Gasteiger partial charge in [0.2, 0.25) is 0 Å². The van der Waals surface area contributed by atoms with E-state index in [1.54, 1.807) is 13.0 Å². The third-order valence-electron chi connectivity index (χ3n) is 4.48. The second kappa shape index (κ2) is 8.28. The molecule has 1 amide bonds. The first-order valence-corrected chi connectivity index (χ1v) is 10.6. The van der Waals surface area contributed by atoms with Crippen LogP contribution in [0.3, 0.4) is 0 Å². The Morgan fingerprint density at radius 3 is 2.81 bits per heavy atom. The van der Waals surface area contributed by atoms with Crippen LogP contribution in [-0.2, 0) is 14.6 Å². The number of aromatic nitrogens is 2. The van der Waals surface area contributed by atoms with Gasteiger partial charge in [0.1, 0.15) is 17.3 Å². The Hall–Kier alpha value is -1.78. The number of hydrogen-bond donors (Lipinski definition) is 2. The maximum atomic E-state index is 12.4. The number of sulfone groups is 1. The van der Waals surface area contributed by atoms with Gasteiger partial charge < -0.3 is 15.4 Å². The molecule has 3 heterocycles. The van der Waals surface area contributed by atoms with E-state index >= 15 is 0 Å². The van der Waals surface area contributed by atoms with Gasteiger partial charge in [-0.05, 0) is 13.3 Å². The van der Waals surface area contributed by atoms with E-state index in [4.69, 9.17) is 4.74 Å². The van der Waals surface area contributed by atoms with Crippen molar-refractivity contribution in [1.29, 1.82) is 0 Å². The van der Waals surface area contributed by atoms with Crippen LogP contribution in [0.1, 0.15) is 22.7 Å². The average molecular weight is 383 g/mol. The van der Waals surface area contributed by atoms with Crippen molar-refractivity contribution >= 4 is 21.6 Å². The van der Waals surface area contributed by atoms with Crippen LogP contribution in [0.4, 0.5) is 5.82 Å². The number of carbonyl (C=O) groups excluding carboxylic acids is 1. The molecule has 1 atom stereocenters. The van der Waals surface area contributed by atoms with Crippen LogP contribution >= 0.6 is 0 Å². The summed E-state index contributed by atoms with van der Waals surface area (Å²) in [5, 5.41) is 5.98. The molecule has 0 aromatic carbocycles. The molecule has 2 aliphatic heterocycles. The quantitative estimate of drug-likeness (QED) is 0.672. The first kappa shape index (κ1) is 19.0. The van der Waals surface area contributed by atoms with E-state index in [2.05, 4.69) is 25.5 Å². The SMILES string of the molecule is Cc1nc(NCCN2CCOCC2)cc(C(=O)NC2CCS(=O)(=O)C2)n1. The molecule has 1 unspecified atom stereocenters. The number of nitrogens with zero attached hydrogens (tertiary/aromatic N) is 3. The Morgan fingerprint density at radius 1 is 1.35 bits per heavy atom. The van der Waals surface area contributed by atoms with E-state index in [9.17, 15) is 13.2 Å². The second-order valence-electron chi connectivity index (χ2n) is 6.64. The van der Waals surface area contributed by atoms with Gasteiger partial charge in [0.25, 0.3) is 5.91 Å². The van der Waals surface area contributed by atoms with E-state index in [0.29, 0.717) is 24.6 Å². The van der Waals surface area contributed by atoms with Crippen molar-refractivity contribution in [3.05, 3.63) is 17.6 Å². The van der Waals surface area contributed by atoms with E-state index in [1.807, 2.05) is 0 Å². The molecule has 10 heteroatoms. The summed E-state index contributed by atoms with van der Waals surface area (Å²) in [5.74, 6) is 0.831. The minimum atomic E-state index is -3.04. The summed E-state index contributed by atoms with van der Waals surface area (Å²) in [6, 6.07) is 1.26. The second-order valence-corrected chi connectivity index (χ2v) is 8.87. The van der Waals surface area contributed by atoms with Crippen molar-refractivity contribution in [2.45, 2.75) is 19.4 Å². The molecule has 0 aliphatic carbocycles. The third-order valence-corrected chi connectivity index (χ3v) is 6.24. The Kier molecular flexibility index (Phi) is 6.05. The van der Waals surface area contributed by atoms with E-state index in [1.165, 1.54) is 0 Å². The number of aryl methyl sites for hydroxylation is 1. The molecule has 2 aliphatic rings. The Morgan fingerprint density at radius 2 is 2.12 bits per heavy atom. The molecule has 0 radical (unpaired) electrons. The zero-order chi connectivity index (χ0) is 18.6. The largest absolute Gasteiger partial charge is 0.379 e. The fraction of sp³-hybridized carbons (Fsp3) is 0.688. The van der Waals surface area contributed by atoms with Gasteiger partial charge in [-0.25, -0.2) is 18.4 Å². The van der Waals surface area contributed by atoms with Crippen LogP contribution in [-0.4, -0.2) is 86.1 Å². The van der Waals surface area contributed by atoms with Crippen LogP contribution in [0.2, 0.25) is 0 Å². The lowest BCUT2D eigenvalue weighted by Crippen LogP contribution is -2.39. The zero-order valence-electron chi connectivity index (χ0n) is 14.9.